The van der Waals surface area contributed by atoms with E-state index < -0.39 is 0 Å². The summed E-state index contributed by atoms with van der Waals surface area (Å²) in [6.45, 7) is 4.41. The van der Waals surface area contributed by atoms with Gasteiger partial charge in [0.15, 0.2) is 0 Å². The molecule has 0 radical (unpaired) electrons. The lowest BCUT2D eigenvalue weighted by Crippen LogP contribution is -2.43. The number of hydrogen-bond acceptors (Lipinski definition) is 1. The summed E-state index contributed by atoms with van der Waals surface area (Å²) in [4.78, 5) is 0. The van der Waals surface area contributed by atoms with Crippen LogP contribution in [0.2, 0.25) is 0 Å². The predicted octanol–water partition coefficient (Wildman–Crippen LogP) is 5.77. The van der Waals surface area contributed by atoms with Gasteiger partial charge in [-0.25, -0.2) is 0 Å². The number of rotatable bonds is 2. The van der Waals surface area contributed by atoms with Gasteiger partial charge in [-0.3, -0.25) is 0 Å². The van der Waals surface area contributed by atoms with Crippen LogP contribution < -0.4 is 4.74 Å². The van der Waals surface area contributed by atoms with Crippen molar-refractivity contribution in [3.05, 3.63) is 102 Å². The maximum Gasteiger partial charge on any atom is 0.123 e. The highest BCUT2D eigenvalue weighted by atomic mass is 16.5. The van der Waals surface area contributed by atoms with Crippen molar-refractivity contribution in [1.82, 2.24) is 0 Å². The summed E-state index contributed by atoms with van der Waals surface area (Å²) in [6.07, 6.45) is 0. The lowest BCUT2D eigenvalue weighted by molar-refractivity contribution is 0.0531. The summed E-state index contributed by atoms with van der Waals surface area (Å²) < 4.78 is 6.44. The van der Waals surface area contributed by atoms with Crippen molar-refractivity contribution < 1.29 is 4.74 Å². The summed E-state index contributed by atoms with van der Waals surface area (Å²) in [5.74, 6) is 1.55. The van der Waals surface area contributed by atoms with Crippen LogP contribution >= 0.6 is 0 Å². The Balaban J connectivity index is 1.95. The molecule has 2 atom stereocenters. The third kappa shape index (κ3) is 2.50. The van der Waals surface area contributed by atoms with E-state index in [0.717, 1.165) is 5.75 Å². The highest BCUT2D eigenvalue weighted by Gasteiger charge is 2.44. The minimum atomic E-state index is -0.282. The topological polar surface area (TPSA) is 9.23 Å². The van der Waals surface area contributed by atoms with Gasteiger partial charge in [0.25, 0.3) is 0 Å². The molecule has 0 N–H and O–H groups in total. The van der Waals surface area contributed by atoms with Crippen molar-refractivity contribution in [3.63, 3.8) is 0 Å². The maximum absolute atomic E-state index is 6.44. The van der Waals surface area contributed by atoms with E-state index in [1.165, 1.54) is 16.7 Å². The monoisotopic (exact) mass is 314 g/mol. The Morgan fingerprint density at radius 2 is 1.21 bits per heavy atom. The minimum absolute atomic E-state index is 0.260. The molecule has 0 bridgehead atoms. The van der Waals surface area contributed by atoms with Crippen LogP contribution in [0.4, 0.5) is 0 Å². The summed E-state index contributed by atoms with van der Waals surface area (Å²) in [5.41, 5.74) is 3.66. The van der Waals surface area contributed by atoms with Crippen LogP contribution in [0.25, 0.3) is 0 Å². The summed E-state index contributed by atoms with van der Waals surface area (Å²) in [7, 11) is 0. The first-order valence-electron chi connectivity index (χ1n) is 8.54. The molecule has 3 aromatic rings. The van der Waals surface area contributed by atoms with Crippen molar-refractivity contribution >= 4 is 0 Å². The zero-order valence-electron chi connectivity index (χ0n) is 14.1. The number of benzene rings is 3. The summed E-state index contributed by atoms with van der Waals surface area (Å²) in [5, 5.41) is 0. The first kappa shape index (κ1) is 15.0. The van der Waals surface area contributed by atoms with Crippen LogP contribution in [0.15, 0.2) is 84.9 Å². The minimum Gasteiger partial charge on any atom is -0.487 e. The molecule has 1 aliphatic heterocycles. The van der Waals surface area contributed by atoms with Crippen molar-refractivity contribution in [2.45, 2.75) is 31.3 Å². The number of ether oxygens (including phenoxy) is 1. The van der Waals surface area contributed by atoms with Crippen molar-refractivity contribution in [2.75, 3.05) is 0 Å². The predicted molar refractivity (Wildman–Crippen MR) is 98.6 cm³/mol. The zero-order chi connectivity index (χ0) is 16.6. The van der Waals surface area contributed by atoms with Crippen LogP contribution in [0, 0.1) is 0 Å². The van der Waals surface area contributed by atoms with E-state index in [1.54, 1.807) is 0 Å². The Morgan fingerprint density at radius 1 is 0.667 bits per heavy atom. The van der Waals surface area contributed by atoms with Crippen LogP contribution in [0.1, 0.15) is 42.4 Å². The molecule has 1 heterocycles. The Kier molecular flexibility index (Phi) is 3.65. The Bertz CT molecular complexity index is 821. The summed E-state index contributed by atoms with van der Waals surface area (Å²) in [6, 6.07) is 30.0. The number of hydrogen-bond donors (Lipinski definition) is 0. The largest absolute Gasteiger partial charge is 0.487 e. The molecule has 0 saturated carbocycles. The lowest BCUT2D eigenvalue weighted by atomic mass is 9.68. The second-order valence-electron chi connectivity index (χ2n) is 7.02. The molecule has 0 saturated heterocycles. The van der Waals surface area contributed by atoms with E-state index in [-0.39, 0.29) is 17.4 Å². The molecular formula is C23H22O. The normalized spacial score (nSPS) is 21.6. The summed E-state index contributed by atoms with van der Waals surface area (Å²) >= 11 is 0. The van der Waals surface area contributed by atoms with Gasteiger partial charge in [0.1, 0.15) is 11.4 Å². The second kappa shape index (κ2) is 5.83. The van der Waals surface area contributed by atoms with Gasteiger partial charge in [-0.2, -0.15) is 0 Å². The Hall–Kier alpha value is -2.54. The van der Waals surface area contributed by atoms with E-state index in [4.69, 9.17) is 4.74 Å². The standard InChI is InChI=1S/C23H22O/c1-23(2)22(18-13-7-4-8-14-18)21(17-11-5-3-6-12-17)19-15-9-10-16-20(19)24-23/h3-16,21-22H,1-2H3/t21-,22?/m1/s1. The van der Waals surface area contributed by atoms with E-state index in [2.05, 4.69) is 98.8 Å². The first-order chi connectivity index (χ1) is 11.7. The number of fused-ring (bicyclic) bond motifs is 1. The molecule has 1 unspecified atom stereocenters. The fraction of sp³-hybridized carbons (Fsp3) is 0.217. The van der Waals surface area contributed by atoms with Gasteiger partial charge in [-0.05, 0) is 31.0 Å². The van der Waals surface area contributed by atoms with Crippen LogP contribution in [-0.2, 0) is 0 Å². The molecule has 24 heavy (non-hydrogen) atoms. The Labute approximate surface area is 143 Å². The molecule has 0 aromatic heterocycles. The zero-order valence-corrected chi connectivity index (χ0v) is 14.1. The fourth-order valence-corrected chi connectivity index (χ4v) is 4.04. The van der Waals surface area contributed by atoms with E-state index >= 15 is 0 Å². The van der Waals surface area contributed by atoms with Gasteiger partial charge < -0.3 is 4.74 Å². The van der Waals surface area contributed by atoms with Crippen molar-refractivity contribution in [3.8, 4) is 5.75 Å². The van der Waals surface area contributed by atoms with Crippen LogP contribution in [0.5, 0.6) is 5.75 Å². The lowest BCUT2D eigenvalue weighted by Gasteiger charge is -2.45. The van der Waals surface area contributed by atoms with Crippen molar-refractivity contribution in [2.24, 2.45) is 0 Å². The van der Waals surface area contributed by atoms with Crippen LogP contribution in [0.3, 0.4) is 0 Å². The highest BCUT2D eigenvalue weighted by Crippen LogP contribution is 2.52. The maximum atomic E-state index is 6.44. The average Bonchev–Trinajstić information content (AvgIpc) is 2.61. The SMILES string of the molecule is CC1(C)Oc2ccccc2[C@@H](c2ccccc2)C1c1ccccc1. The highest BCUT2D eigenvalue weighted by molar-refractivity contribution is 5.49. The smallest absolute Gasteiger partial charge is 0.123 e. The number of para-hydroxylation sites is 1. The van der Waals surface area contributed by atoms with Gasteiger partial charge >= 0.3 is 0 Å². The molecule has 3 aromatic carbocycles. The molecule has 1 aliphatic rings. The van der Waals surface area contributed by atoms with Gasteiger partial charge in [0, 0.05) is 17.4 Å². The molecule has 1 nitrogen and oxygen atoms in total. The van der Waals surface area contributed by atoms with E-state index in [1.807, 2.05) is 0 Å². The van der Waals surface area contributed by atoms with Crippen molar-refractivity contribution in [1.29, 1.82) is 0 Å². The first-order valence-corrected chi connectivity index (χ1v) is 8.54. The molecule has 120 valence electrons. The van der Waals surface area contributed by atoms with Gasteiger partial charge in [-0.15, -0.1) is 0 Å². The Morgan fingerprint density at radius 3 is 1.88 bits per heavy atom. The van der Waals surface area contributed by atoms with Crippen LogP contribution in [-0.4, -0.2) is 5.60 Å². The molecule has 1 heteroatoms. The molecule has 0 aliphatic carbocycles. The second-order valence-corrected chi connectivity index (χ2v) is 7.02. The molecule has 4 rings (SSSR count). The van der Waals surface area contributed by atoms with E-state index in [9.17, 15) is 0 Å². The van der Waals surface area contributed by atoms with Gasteiger partial charge in [0.05, 0.1) is 0 Å². The van der Waals surface area contributed by atoms with Gasteiger partial charge in [0.2, 0.25) is 0 Å². The average molecular weight is 314 g/mol. The van der Waals surface area contributed by atoms with Gasteiger partial charge in [-0.1, -0.05) is 78.9 Å². The molecular weight excluding hydrogens is 292 g/mol. The fourth-order valence-electron chi connectivity index (χ4n) is 4.04. The van der Waals surface area contributed by atoms with E-state index in [0.29, 0.717) is 0 Å². The molecule has 0 amide bonds. The molecule has 0 spiro atoms. The molecule has 0 fully saturated rings. The quantitative estimate of drug-likeness (QED) is 0.583. The third-order valence-electron chi connectivity index (χ3n) is 5.03. The third-order valence-corrected chi connectivity index (χ3v) is 5.03.